The summed E-state index contributed by atoms with van der Waals surface area (Å²) in [6.07, 6.45) is 3.15. The first-order valence-corrected chi connectivity index (χ1v) is 8.10. The van der Waals surface area contributed by atoms with Crippen LogP contribution in [0.2, 0.25) is 0 Å². The van der Waals surface area contributed by atoms with Gasteiger partial charge in [-0.05, 0) is 33.1 Å². The molecule has 0 aromatic carbocycles. The molecule has 1 N–H and O–H groups in total. The predicted octanol–water partition coefficient (Wildman–Crippen LogP) is 2.84. The van der Waals surface area contributed by atoms with Gasteiger partial charge in [0.2, 0.25) is 5.91 Å². The Labute approximate surface area is 131 Å². The molecule has 3 rings (SSSR count). The number of hydrogen-bond acceptors (Lipinski definition) is 6. The van der Waals surface area contributed by atoms with Gasteiger partial charge in [-0.15, -0.1) is 0 Å². The van der Waals surface area contributed by atoms with Crippen LogP contribution >= 0.6 is 11.3 Å². The molecular weight excluding hydrogens is 302 g/mol. The zero-order valence-corrected chi connectivity index (χ0v) is 13.4. The van der Waals surface area contributed by atoms with Gasteiger partial charge in [0.05, 0.1) is 16.3 Å². The monoisotopic (exact) mass is 319 g/mol. The molecule has 0 aliphatic heterocycles. The minimum Gasteiger partial charge on any atom is -0.361 e. The van der Waals surface area contributed by atoms with Crippen LogP contribution in [-0.4, -0.2) is 21.8 Å². The van der Waals surface area contributed by atoms with Gasteiger partial charge in [-0.2, -0.15) is 0 Å². The molecular formula is C15H17N3O3S. The van der Waals surface area contributed by atoms with Gasteiger partial charge in [-0.1, -0.05) is 16.5 Å². The summed E-state index contributed by atoms with van der Waals surface area (Å²) in [6.45, 7) is 3.71. The van der Waals surface area contributed by atoms with Crippen LogP contribution < -0.4 is 5.32 Å². The van der Waals surface area contributed by atoms with E-state index >= 15 is 0 Å². The molecule has 2 aromatic rings. The molecule has 2 aromatic heterocycles. The summed E-state index contributed by atoms with van der Waals surface area (Å²) in [4.78, 5) is 28.9. The number of amides is 1. The van der Waals surface area contributed by atoms with Crippen molar-refractivity contribution in [2.24, 2.45) is 0 Å². The largest absolute Gasteiger partial charge is 0.361 e. The maximum atomic E-state index is 12.0. The van der Waals surface area contributed by atoms with Gasteiger partial charge >= 0.3 is 0 Å². The predicted molar refractivity (Wildman–Crippen MR) is 82.3 cm³/mol. The number of Topliss-reactive ketones (excluding diaryl/α,β-unsaturated/α-hetero) is 1. The van der Waals surface area contributed by atoms with Crippen LogP contribution in [0.3, 0.4) is 0 Å². The molecule has 0 fully saturated rings. The Morgan fingerprint density at radius 2 is 2.18 bits per heavy atom. The fraction of sp³-hybridized carbons (Fsp3) is 0.467. The van der Waals surface area contributed by atoms with Crippen molar-refractivity contribution in [1.82, 2.24) is 10.1 Å². The lowest BCUT2D eigenvalue weighted by Crippen LogP contribution is -2.12. The second kappa shape index (κ2) is 6.00. The summed E-state index contributed by atoms with van der Waals surface area (Å²) < 4.78 is 5.08. The number of nitrogens with zero attached hydrogens (tertiary/aromatic N) is 2. The molecule has 0 saturated carbocycles. The number of ketones is 1. The van der Waals surface area contributed by atoms with E-state index in [1.807, 2.05) is 13.8 Å². The normalized spacial score (nSPS) is 14.0. The van der Waals surface area contributed by atoms with Crippen LogP contribution in [0.1, 0.15) is 51.6 Å². The second-order valence-corrected chi connectivity index (χ2v) is 6.42. The molecule has 1 aliphatic carbocycles. The highest BCUT2D eigenvalue weighted by molar-refractivity contribution is 7.17. The van der Waals surface area contributed by atoms with Crippen LogP contribution in [0.15, 0.2) is 4.52 Å². The average Bonchev–Trinajstić information content (AvgIpc) is 3.02. The minimum absolute atomic E-state index is 0.112. The van der Waals surface area contributed by atoms with E-state index in [0.29, 0.717) is 29.3 Å². The van der Waals surface area contributed by atoms with E-state index < -0.39 is 0 Å². The fourth-order valence-electron chi connectivity index (χ4n) is 2.60. The van der Waals surface area contributed by atoms with E-state index in [2.05, 4.69) is 15.5 Å². The van der Waals surface area contributed by atoms with Gasteiger partial charge in [0, 0.05) is 18.4 Å². The third kappa shape index (κ3) is 2.94. The third-order valence-electron chi connectivity index (χ3n) is 3.80. The number of nitrogens with one attached hydrogen (secondary N) is 1. The molecule has 0 atom stereocenters. The highest BCUT2D eigenvalue weighted by Gasteiger charge is 2.22. The Morgan fingerprint density at radius 1 is 1.36 bits per heavy atom. The number of hydrogen-bond donors (Lipinski definition) is 1. The number of aromatic nitrogens is 2. The van der Waals surface area contributed by atoms with Crippen LogP contribution in [0.25, 0.3) is 0 Å². The van der Waals surface area contributed by atoms with Crippen molar-refractivity contribution in [3.05, 3.63) is 27.6 Å². The number of carbonyl (C=O) groups is 2. The van der Waals surface area contributed by atoms with E-state index in [0.717, 1.165) is 35.6 Å². The Balaban J connectivity index is 1.62. The summed E-state index contributed by atoms with van der Waals surface area (Å²) in [5, 5.41) is 7.18. The van der Waals surface area contributed by atoms with E-state index in [1.54, 1.807) is 0 Å². The van der Waals surface area contributed by atoms with Crippen LogP contribution in [0, 0.1) is 13.8 Å². The molecule has 6 nitrogen and oxygen atoms in total. The summed E-state index contributed by atoms with van der Waals surface area (Å²) in [6, 6.07) is 0. The minimum atomic E-state index is -0.112. The van der Waals surface area contributed by atoms with Gasteiger partial charge in [-0.3, -0.25) is 9.59 Å². The number of thiazole rings is 1. The number of fused-ring (bicyclic) bond motifs is 1. The molecule has 1 amide bonds. The molecule has 0 bridgehead atoms. The standard InChI is InChI=1S/C15H17N3O3S/c1-8-10(9(2)21-18-8)6-7-13(20)17-15-16-11-4-3-5-12(19)14(11)22-15/h3-7H2,1-2H3,(H,16,17,20). The highest BCUT2D eigenvalue weighted by Crippen LogP contribution is 2.29. The fourth-order valence-corrected chi connectivity index (χ4v) is 3.60. The smallest absolute Gasteiger partial charge is 0.226 e. The van der Waals surface area contributed by atoms with Crippen molar-refractivity contribution in [2.75, 3.05) is 5.32 Å². The van der Waals surface area contributed by atoms with Crippen molar-refractivity contribution in [2.45, 2.75) is 46.0 Å². The molecule has 2 heterocycles. The van der Waals surface area contributed by atoms with Crippen LogP contribution in [0.5, 0.6) is 0 Å². The zero-order chi connectivity index (χ0) is 15.7. The van der Waals surface area contributed by atoms with Gasteiger partial charge in [0.15, 0.2) is 10.9 Å². The molecule has 0 saturated heterocycles. The summed E-state index contributed by atoms with van der Waals surface area (Å²) in [5.41, 5.74) is 2.62. The summed E-state index contributed by atoms with van der Waals surface area (Å²) in [5.74, 6) is 0.772. The van der Waals surface area contributed by atoms with Crippen molar-refractivity contribution in [3.63, 3.8) is 0 Å². The first-order valence-electron chi connectivity index (χ1n) is 7.29. The molecule has 1 aliphatic rings. The lowest BCUT2D eigenvalue weighted by molar-refractivity contribution is -0.116. The SMILES string of the molecule is Cc1noc(C)c1CCC(=O)Nc1nc2c(s1)C(=O)CCC2. The first kappa shape index (κ1) is 14.9. The van der Waals surface area contributed by atoms with E-state index in [1.165, 1.54) is 11.3 Å². The Kier molecular flexibility index (Phi) is 4.06. The molecule has 0 unspecified atom stereocenters. The average molecular weight is 319 g/mol. The van der Waals surface area contributed by atoms with E-state index in [-0.39, 0.29) is 11.7 Å². The highest BCUT2D eigenvalue weighted by atomic mass is 32.1. The lowest BCUT2D eigenvalue weighted by Gasteiger charge is -2.05. The van der Waals surface area contributed by atoms with E-state index in [4.69, 9.17) is 4.52 Å². The molecule has 0 radical (unpaired) electrons. The first-order chi connectivity index (χ1) is 10.5. The van der Waals surface area contributed by atoms with Gasteiger partial charge in [0.25, 0.3) is 0 Å². The maximum absolute atomic E-state index is 12.0. The zero-order valence-electron chi connectivity index (χ0n) is 12.6. The molecule has 0 spiro atoms. The van der Waals surface area contributed by atoms with Crippen molar-refractivity contribution < 1.29 is 14.1 Å². The van der Waals surface area contributed by atoms with Crippen molar-refractivity contribution >= 4 is 28.2 Å². The third-order valence-corrected chi connectivity index (χ3v) is 4.85. The number of carbonyl (C=O) groups excluding carboxylic acids is 2. The quantitative estimate of drug-likeness (QED) is 0.936. The number of aryl methyl sites for hydroxylation is 3. The summed E-state index contributed by atoms with van der Waals surface area (Å²) in [7, 11) is 0. The Morgan fingerprint density at radius 3 is 2.86 bits per heavy atom. The summed E-state index contributed by atoms with van der Waals surface area (Å²) >= 11 is 1.28. The number of rotatable bonds is 4. The van der Waals surface area contributed by atoms with Gasteiger partial charge in [-0.25, -0.2) is 4.98 Å². The molecule has 22 heavy (non-hydrogen) atoms. The number of anilines is 1. The van der Waals surface area contributed by atoms with Crippen molar-refractivity contribution in [1.29, 1.82) is 0 Å². The topological polar surface area (TPSA) is 85.1 Å². The van der Waals surface area contributed by atoms with Gasteiger partial charge < -0.3 is 9.84 Å². The van der Waals surface area contributed by atoms with Gasteiger partial charge in [0.1, 0.15) is 5.76 Å². The maximum Gasteiger partial charge on any atom is 0.226 e. The molecule has 116 valence electrons. The Bertz CT molecular complexity index is 713. The van der Waals surface area contributed by atoms with Crippen LogP contribution in [-0.2, 0) is 17.6 Å². The van der Waals surface area contributed by atoms with Crippen LogP contribution in [0.4, 0.5) is 5.13 Å². The Hall–Kier alpha value is -2.02. The molecule has 7 heteroatoms. The lowest BCUT2D eigenvalue weighted by atomic mass is 10.0. The van der Waals surface area contributed by atoms with E-state index in [9.17, 15) is 9.59 Å². The van der Waals surface area contributed by atoms with Crippen molar-refractivity contribution in [3.8, 4) is 0 Å². The second-order valence-electron chi connectivity index (χ2n) is 5.42.